The van der Waals surface area contributed by atoms with Gasteiger partial charge in [-0.05, 0) is 0 Å². The fraction of sp³-hybridized carbons (Fsp3) is 0.333. The van der Waals surface area contributed by atoms with E-state index < -0.39 is 0 Å². The Morgan fingerprint density at radius 1 is 1.57 bits per heavy atom. The average molecular weight is 231 g/mol. The summed E-state index contributed by atoms with van der Waals surface area (Å²) in [5.74, 6) is 1.26. The molecular weight excluding hydrogens is 224 g/mol. The average Bonchev–Trinajstić information content (AvgIpc) is 2.72. The van der Waals surface area contributed by atoms with Crippen LogP contribution in [-0.2, 0) is 13.6 Å². The van der Waals surface area contributed by atoms with Gasteiger partial charge in [-0.25, -0.2) is 4.98 Å². The first-order valence-electron chi connectivity index (χ1n) is 3.82. The second-order valence-electron chi connectivity index (χ2n) is 2.59. The van der Waals surface area contributed by atoms with Gasteiger partial charge in [-0.15, -0.1) is 0 Å². The minimum Gasteiger partial charge on any atom is -0.359 e. The number of halogens is 1. The lowest BCUT2D eigenvalue weighted by Crippen LogP contribution is -2.02. The van der Waals surface area contributed by atoms with Crippen LogP contribution in [0.15, 0.2) is 6.33 Å². The largest absolute Gasteiger partial charge is 0.359 e. The second-order valence-corrected chi connectivity index (χ2v) is 3.48. The van der Waals surface area contributed by atoms with E-state index >= 15 is 0 Å². The minimum absolute atomic E-state index is 0.380. The number of rotatable bonds is 3. The molecule has 0 aliphatic rings. The molecule has 2 heterocycles. The molecule has 0 bridgehead atoms. The van der Waals surface area contributed by atoms with E-state index in [4.69, 9.17) is 11.6 Å². The van der Waals surface area contributed by atoms with Crippen molar-refractivity contribution in [2.45, 2.75) is 6.54 Å². The monoisotopic (exact) mass is 230 g/mol. The van der Waals surface area contributed by atoms with Crippen LogP contribution in [0.3, 0.4) is 0 Å². The molecule has 0 aliphatic heterocycles. The molecule has 0 saturated heterocycles. The van der Waals surface area contributed by atoms with E-state index in [-0.39, 0.29) is 0 Å². The third-order valence-electron chi connectivity index (χ3n) is 1.51. The number of anilines is 1. The molecule has 1 N–H and O–H groups in total. The Hall–Kier alpha value is -1.21. The highest BCUT2D eigenvalue weighted by Gasteiger charge is 2.05. The summed E-state index contributed by atoms with van der Waals surface area (Å²) >= 11 is 6.81. The zero-order valence-electron chi connectivity index (χ0n) is 7.31. The normalized spacial score (nSPS) is 10.4. The van der Waals surface area contributed by atoms with Crippen molar-refractivity contribution in [3.63, 3.8) is 0 Å². The van der Waals surface area contributed by atoms with Crippen molar-refractivity contribution in [2.75, 3.05) is 5.32 Å². The molecule has 0 amide bonds. The zero-order valence-corrected chi connectivity index (χ0v) is 8.88. The van der Waals surface area contributed by atoms with Crippen LogP contribution in [0, 0.1) is 0 Å². The maximum atomic E-state index is 5.74. The molecule has 0 aliphatic carbocycles. The van der Waals surface area contributed by atoms with Crippen LogP contribution in [0.4, 0.5) is 5.82 Å². The van der Waals surface area contributed by atoms with Gasteiger partial charge >= 0.3 is 0 Å². The Balaban J connectivity index is 1.98. The summed E-state index contributed by atoms with van der Waals surface area (Å²) in [6.07, 6.45) is 1.64. The van der Waals surface area contributed by atoms with Crippen LogP contribution in [0.5, 0.6) is 0 Å². The minimum atomic E-state index is 0.380. The molecule has 14 heavy (non-hydrogen) atoms. The van der Waals surface area contributed by atoms with Gasteiger partial charge in [0.25, 0.3) is 0 Å². The molecule has 74 valence electrons. The van der Waals surface area contributed by atoms with Crippen molar-refractivity contribution in [2.24, 2.45) is 7.05 Å². The number of hydrogen-bond donors (Lipinski definition) is 1. The SMILES string of the molecule is Cn1cnc(CNc2nsnc2Cl)n1. The van der Waals surface area contributed by atoms with Gasteiger partial charge in [0.05, 0.1) is 18.3 Å². The summed E-state index contributed by atoms with van der Waals surface area (Å²) in [5.41, 5.74) is 0. The summed E-state index contributed by atoms with van der Waals surface area (Å²) in [6, 6.07) is 0. The fourth-order valence-electron chi connectivity index (χ4n) is 0.911. The van der Waals surface area contributed by atoms with Gasteiger partial charge in [0, 0.05) is 7.05 Å². The Labute approximate surface area is 89.3 Å². The van der Waals surface area contributed by atoms with Crippen molar-refractivity contribution >= 4 is 29.1 Å². The number of aryl methyl sites for hydroxylation is 1. The Morgan fingerprint density at radius 3 is 3.00 bits per heavy atom. The van der Waals surface area contributed by atoms with Crippen molar-refractivity contribution in [1.82, 2.24) is 23.5 Å². The van der Waals surface area contributed by atoms with E-state index in [0.29, 0.717) is 23.3 Å². The summed E-state index contributed by atoms with van der Waals surface area (Å²) < 4.78 is 9.42. The van der Waals surface area contributed by atoms with Crippen molar-refractivity contribution in [1.29, 1.82) is 0 Å². The molecule has 0 unspecified atom stereocenters. The smallest absolute Gasteiger partial charge is 0.186 e. The van der Waals surface area contributed by atoms with Crippen LogP contribution < -0.4 is 5.32 Å². The van der Waals surface area contributed by atoms with Gasteiger partial charge < -0.3 is 5.32 Å². The van der Waals surface area contributed by atoms with Gasteiger partial charge in [0.1, 0.15) is 6.33 Å². The van der Waals surface area contributed by atoms with E-state index in [2.05, 4.69) is 24.1 Å². The maximum absolute atomic E-state index is 5.74. The van der Waals surface area contributed by atoms with Gasteiger partial charge in [0.15, 0.2) is 16.8 Å². The van der Waals surface area contributed by atoms with Gasteiger partial charge in [0.2, 0.25) is 0 Å². The quantitative estimate of drug-likeness (QED) is 0.850. The summed E-state index contributed by atoms with van der Waals surface area (Å²) in [5, 5.41) is 7.46. The van der Waals surface area contributed by atoms with Crippen LogP contribution >= 0.6 is 23.3 Å². The lowest BCUT2D eigenvalue weighted by molar-refractivity contribution is 0.747. The molecule has 2 aromatic heterocycles. The molecule has 0 atom stereocenters. The Bertz CT molecular complexity index is 423. The zero-order chi connectivity index (χ0) is 9.97. The molecule has 0 spiro atoms. The first-order chi connectivity index (χ1) is 6.75. The summed E-state index contributed by atoms with van der Waals surface area (Å²) in [6.45, 7) is 0.492. The van der Waals surface area contributed by atoms with Crippen molar-refractivity contribution < 1.29 is 0 Å². The number of hydrogen-bond acceptors (Lipinski definition) is 6. The molecule has 2 rings (SSSR count). The Morgan fingerprint density at radius 2 is 2.43 bits per heavy atom. The predicted molar refractivity (Wildman–Crippen MR) is 53.2 cm³/mol. The highest BCUT2D eigenvalue weighted by molar-refractivity contribution is 6.99. The van der Waals surface area contributed by atoms with Crippen molar-refractivity contribution in [3.8, 4) is 0 Å². The molecular formula is C6H7ClN6S. The predicted octanol–water partition coefficient (Wildman–Crippen LogP) is 0.932. The van der Waals surface area contributed by atoms with Gasteiger partial charge in [-0.1, -0.05) is 11.6 Å². The topological polar surface area (TPSA) is 68.5 Å². The number of aromatic nitrogens is 5. The van der Waals surface area contributed by atoms with Crippen LogP contribution in [0.2, 0.25) is 5.15 Å². The van der Waals surface area contributed by atoms with E-state index in [1.807, 2.05) is 7.05 Å². The molecule has 2 aromatic rings. The number of nitrogens with zero attached hydrogens (tertiary/aromatic N) is 5. The van der Waals surface area contributed by atoms with Crippen LogP contribution in [0.25, 0.3) is 0 Å². The molecule has 0 radical (unpaired) electrons. The Kier molecular flexibility index (Phi) is 2.60. The highest BCUT2D eigenvalue weighted by Crippen LogP contribution is 2.17. The molecule has 6 nitrogen and oxygen atoms in total. The van der Waals surface area contributed by atoms with Gasteiger partial charge in [-0.3, -0.25) is 4.68 Å². The van der Waals surface area contributed by atoms with Crippen LogP contribution in [0.1, 0.15) is 5.82 Å². The standard InChI is InChI=1S/C6H7ClN6S/c1-13-3-9-4(10-13)2-8-6-5(7)11-14-12-6/h3H,2H2,1H3,(H,8,12). The molecule has 0 aromatic carbocycles. The van der Waals surface area contributed by atoms with Crippen LogP contribution in [-0.4, -0.2) is 23.5 Å². The fourth-order valence-corrected chi connectivity index (χ4v) is 1.59. The maximum Gasteiger partial charge on any atom is 0.186 e. The molecule has 8 heteroatoms. The lowest BCUT2D eigenvalue weighted by atomic mass is 10.6. The summed E-state index contributed by atoms with van der Waals surface area (Å²) in [4.78, 5) is 4.05. The summed E-state index contributed by atoms with van der Waals surface area (Å²) in [7, 11) is 1.81. The molecule has 0 fully saturated rings. The second kappa shape index (κ2) is 3.89. The van der Waals surface area contributed by atoms with Gasteiger partial charge in [-0.2, -0.15) is 13.8 Å². The van der Waals surface area contributed by atoms with E-state index in [0.717, 1.165) is 11.7 Å². The van der Waals surface area contributed by atoms with E-state index in [1.165, 1.54) is 0 Å². The molecule has 0 saturated carbocycles. The third-order valence-corrected chi connectivity index (χ3v) is 2.40. The lowest BCUT2D eigenvalue weighted by Gasteiger charge is -1.97. The number of nitrogens with one attached hydrogen (secondary N) is 1. The first kappa shape index (κ1) is 9.35. The van der Waals surface area contributed by atoms with E-state index in [9.17, 15) is 0 Å². The highest BCUT2D eigenvalue weighted by atomic mass is 35.5. The van der Waals surface area contributed by atoms with E-state index in [1.54, 1.807) is 11.0 Å². The third kappa shape index (κ3) is 1.99. The van der Waals surface area contributed by atoms with Crippen molar-refractivity contribution in [3.05, 3.63) is 17.3 Å². The first-order valence-corrected chi connectivity index (χ1v) is 4.93.